The number of benzene rings is 1. The molecule has 1 aromatic carbocycles. The predicted molar refractivity (Wildman–Crippen MR) is 79.7 cm³/mol. The average Bonchev–Trinajstić information content (AvgIpc) is 2.61. The summed E-state index contributed by atoms with van der Waals surface area (Å²) < 4.78 is 6.39. The van der Waals surface area contributed by atoms with Gasteiger partial charge in [0, 0.05) is 11.9 Å². The highest BCUT2D eigenvalue weighted by Crippen LogP contribution is 2.27. The molecule has 1 aliphatic rings. The van der Waals surface area contributed by atoms with Crippen LogP contribution in [0.4, 0.5) is 5.69 Å². The first kappa shape index (κ1) is 13.1. The number of aromatic nitrogens is 1. The lowest BCUT2D eigenvalue weighted by atomic mass is 10.1. The van der Waals surface area contributed by atoms with Crippen molar-refractivity contribution in [3.8, 4) is 5.75 Å². The summed E-state index contributed by atoms with van der Waals surface area (Å²) in [5.41, 5.74) is 2.01. The van der Waals surface area contributed by atoms with Gasteiger partial charge in [-0.1, -0.05) is 18.2 Å². The van der Waals surface area contributed by atoms with Crippen LogP contribution in [0.25, 0.3) is 0 Å². The van der Waals surface area contributed by atoms with E-state index in [2.05, 4.69) is 26.2 Å². The summed E-state index contributed by atoms with van der Waals surface area (Å²) in [6, 6.07) is 11.4. The van der Waals surface area contributed by atoms with Gasteiger partial charge in [0.25, 0.3) is 5.91 Å². The first-order valence-electron chi connectivity index (χ1n) is 6.40. The van der Waals surface area contributed by atoms with Gasteiger partial charge in [0.15, 0.2) is 11.9 Å². The third kappa shape index (κ3) is 2.67. The number of para-hydroxylation sites is 1. The zero-order chi connectivity index (χ0) is 13.9. The smallest absolute Gasteiger partial charge is 0.265 e. The average molecular weight is 333 g/mol. The van der Waals surface area contributed by atoms with Gasteiger partial charge in [0.1, 0.15) is 4.60 Å². The van der Waals surface area contributed by atoms with E-state index in [0.717, 1.165) is 17.7 Å². The van der Waals surface area contributed by atoms with Crippen LogP contribution in [0, 0.1) is 0 Å². The third-order valence-electron chi connectivity index (χ3n) is 3.24. The van der Waals surface area contributed by atoms with E-state index in [1.165, 1.54) is 0 Å². The normalized spacial score (nSPS) is 17.9. The van der Waals surface area contributed by atoms with Gasteiger partial charge in [-0.05, 0) is 52.5 Å². The molecule has 1 aromatic heterocycles. The van der Waals surface area contributed by atoms with Crippen LogP contribution in [-0.2, 0) is 11.2 Å². The van der Waals surface area contributed by atoms with Gasteiger partial charge in [0.05, 0.1) is 0 Å². The summed E-state index contributed by atoms with van der Waals surface area (Å²) >= 11 is 3.32. The molecular weight excluding hydrogens is 320 g/mol. The fourth-order valence-electron chi connectivity index (χ4n) is 2.22. The number of anilines is 1. The van der Waals surface area contributed by atoms with Crippen LogP contribution >= 0.6 is 15.9 Å². The van der Waals surface area contributed by atoms with Crippen molar-refractivity contribution in [1.29, 1.82) is 0 Å². The van der Waals surface area contributed by atoms with Gasteiger partial charge in [-0.3, -0.25) is 4.79 Å². The first-order valence-corrected chi connectivity index (χ1v) is 7.19. The molecule has 1 unspecified atom stereocenters. The summed E-state index contributed by atoms with van der Waals surface area (Å²) in [6.07, 6.45) is 2.60. The van der Waals surface area contributed by atoms with Gasteiger partial charge >= 0.3 is 0 Å². The highest BCUT2D eigenvalue weighted by molar-refractivity contribution is 9.10. The number of nitrogens with one attached hydrogen (secondary N) is 1. The number of rotatable bonds is 2. The van der Waals surface area contributed by atoms with Crippen molar-refractivity contribution in [2.24, 2.45) is 0 Å². The Morgan fingerprint density at radius 2 is 2.10 bits per heavy atom. The lowest BCUT2D eigenvalue weighted by Gasteiger charge is -2.16. The monoisotopic (exact) mass is 332 g/mol. The third-order valence-corrected chi connectivity index (χ3v) is 3.83. The van der Waals surface area contributed by atoms with Gasteiger partial charge in [-0.2, -0.15) is 0 Å². The van der Waals surface area contributed by atoms with E-state index in [1.807, 2.05) is 24.3 Å². The Balaban J connectivity index is 1.80. The molecule has 1 amide bonds. The quantitative estimate of drug-likeness (QED) is 0.859. The van der Waals surface area contributed by atoms with Crippen molar-refractivity contribution in [2.75, 3.05) is 5.32 Å². The van der Waals surface area contributed by atoms with Crippen LogP contribution in [0.2, 0.25) is 0 Å². The van der Waals surface area contributed by atoms with Crippen molar-refractivity contribution >= 4 is 27.5 Å². The number of amides is 1. The van der Waals surface area contributed by atoms with E-state index >= 15 is 0 Å². The Kier molecular flexibility index (Phi) is 3.69. The number of carbonyl (C=O) groups excluding carboxylic acids is 1. The summed E-state index contributed by atoms with van der Waals surface area (Å²) in [6.45, 7) is 0. The molecule has 0 radical (unpaired) electrons. The number of carbonyl (C=O) groups is 1. The topological polar surface area (TPSA) is 51.2 Å². The Morgan fingerprint density at radius 1 is 1.25 bits per heavy atom. The SMILES string of the molecule is O=C1Nc2ccccc2CCC1Oc1cccnc1Br. The van der Waals surface area contributed by atoms with Crippen LogP contribution in [0.1, 0.15) is 12.0 Å². The fraction of sp³-hybridized carbons (Fsp3) is 0.200. The molecule has 1 atom stereocenters. The Hall–Kier alpha value is -1.88. The van der Waals surface area contributed by atoms with E-state index in [0.29, 0.717) is 16.8 Å². The second-order valence-electron chi connectivity index (χ2n) is 4.58. The van der Waals surface area contributed by atoms with E-state index < -0.39 is 6.10 Å². The summed E-state index contributed by atoms with van der Waals surface area (Å²) in [7, 11) is 0. The largest absolute Gasteiger partial charge is 0.478 e. The molecular formula is C15H13BrN2O2. The molecule has 1 aliphatic heterocycles. The van der Waals surface area contributed by atoms with Crippen molar-refractivity contribution in [3.05, 3.63) is 52.8 Å². The number of hydrogen-bond donors (Lipinski definition) is 1. The second-order valence-corrected chi connectivity index (χ2v) is 5.34. The van der Waals surface area contributed by atoms with E-state index in [-0.39, 0.29) is 5.91 Å². The number of ether oxygens (including phenoxy) is 1. The van der Waals surface area contributed by atoms with Gasteiger partial charge in [-0.15, -0.1) is 0 Å². The number of pyridine rings is 1. The lowest BCUT2D eigenvalue weighted by molar-refractivity contribution is -0.122. The van der Waals surface area contributed by atoms with Crippen LogP contribution in [0.5, 0.6) is 5.75 Å². The number of fused-ring (bicyclic) bond motifs is 1. The number of hydrogen-bond acceptors (Lipinski definition) is 3. The minimum absolute atomic E-state index is 0.120. The molecule has 5 heteroatoms. The van der Waals surface area contributed by atoms with E-state index in [1.54, 1.807) is 18.3 Å². The standard InChI is InChI=1S/C15H13BrN2O2/c16-14-12(6-3-9-17-14)20-13-8-7-10-4-1-2-5-11(10)18-15(13)19/h1-6,9,13H,7-8H2,(H,18,19). The maximum Gasteiger partial charge on any atom is 0.265 e. The van der Waals surface area contributed by atoms with Crippen molar-refractivity contribution in [3.63, 3.8) is 0 Å². The van der Waals surface area contributed by atoms with Crippen LogP contribution in [0.3, 0.4) is 0 Å². The molecule has 1 N–H and O–H groups in total. The maximum atomic E-state index is 12.2. The Bertz CT molecular complexity index is 645. The van der Waals surface area contributed by atoms with E-state index in [9.17, 15) is 4.79 Å². The zero-order valence-electron chi connectivity index (χ0n) is 10.7. The second kappa shape index (κ2) is 5.63. The minimum atomic E-state index is -0.511. The number of nitrogens with zero attached hydrogens (tertiary/aromatic N) is 1. The van der Waals surface area contributed by atoms with Gasteiger partial charge in [-0.25, -0.2) is 4.98 Å². The van der Waals surface area contributed by atoms with Crippen molar-refractivity contribution < 1.29 is 9.53 Å². The highest BCUT2D eigenvalue weighted by atomic mass is 79.9. The molecule has 0 bridgehead atoms. The molecule has 2 heterocycles. The van der Waals surface area contributed by atoms with Gasteiger partial charge < -0.3 is 10.1 Å². The Labute approximate surface area is 125 Å². The van der Waals surface area contributed by atoms with Crippen molar-refractivity contribution in [1.82, 2.24) is 4.98 Å². The fourth-order valence-corrected chi connectivity index (χ4v) is 2.56. The molecule has 0 spiro atoms. The highest BCUT2D eigenvalue weighted by Gasteiger charge is 2.25. The molecule has 2 aromatic rings. The molecule has 0 aliphatic carbocycles. The lowest BCUT2D eigenvalue weighted by Crippen LogP contribution is -2.31. The zero-order valence-corrected chi connectivity index (χ0v) is 12.3. The maximum absolute atomic E-state index is 12.2. The molecule has 0 fully saturated rings. The van der Waals surface area contributed by atoms with Crippen LogP contribution < -0.4 is 10.1 Å². The summed E-state index contributed by atoms with van der Waals surface area (Å²) in [4.78, 5) is 16.3. The summed E-state index contributed by atoms with van der Waals surface area (Å²) in [5, 5.41) is 2.91. The van der Waals surface area contributed by atoms with Gasteiger partial charge in [0.2, 0.25) is 0 Å². The number of aryl methyl sites for hydroxylation is 1. The Morgan fingerprint density at radius 3 is 2.95 bits per heavy atom. The minimum Gasteiger partial charge on any atom is -0.478 e. The first-order chi connectivity index (χ1) is 9.74. The van der Waals surface area contributed by atoms with Crippen LogP contribution in [-0.4, -0.2) is 17.0 Å². The number of halogens is 1. The molecule has 102 valence electrons. The molecule has 20 heavy (non-hydrogen) atoms. The van der Waals surface area contributed by atoms with Crippen LogP contribution in [0.15, 0.2) is 47.2 Å². The van der Waals surface area contributed by atoms with Crippen molar-refractivity contribution in [2.45, 2.75) is 18.9 Å². The molecule has 0 saturated carbocycles. The molecule has 3 rings (SSSR count). The molecule has 4 nitrogen and oxygen atoms in total. The predicted octanol–water partition coefficient (Wildman–Crippen LogP) is 3.18. The molecule has 0 saturated heterocycles. The summed E-state index contributed by atoms with van der Waals surface area (Å²) in [5.74, 6) is 0.462. The van der Waals surface area contributed by atoms with E-state index in [4.69, 9.17) is 4.74 Å².